The molecule has 0 fully saturated rings. The quantitative estimate of drug-likeness (QED) is 0.656. The maximum Gasteiger partial charge on any atom is 0.137 e. The molecule has 2 N–H and O–H groups in total. The molecule has 0 bridgehead atoms. The van der Waals surface area contributed by atoms with Crippen LogP contribution in [-0.4, -0.2) is 31.8 Å². The summed E-state index contributed by atoms with van der Waals surface area (Å²) in [6, 6.07) is 10.00. The van der Waals surface area contributed by atoms with E-state index in [2.05, 4.69) is 15.3 Å². The van der Waals surface area contributed by atoms with Gasteiger partial charge in [-0.2, -0.15) is 11.8 Å². The van der Waals surface area contributed by atoms with Gasteiger partial charge < -0.3 is 14.8 Å². The number of fused-ring (bicyclic) bond motifs is 1. The van der Waals surface area contributed by atoms with Gasteiger partial charge in [0.2, 0.25) is 0 Å². The van der Waals surface area contributed by atoms with Crippen LogP contribution in [0, 0.1) is 0 Å². The lowest BCUT2D eigenvalue weighted by Gasteiger charge is -2.06. The van der Waals surface area contributed by atoms with Crippen molar-refractivity contribution in [3.8, 4) is 0 Å². The van der Waals surface area contributed by atoms with Gasteiger partial charge in [0.25, 0.3) is 0 Å². The second-order valence-electron chi connectivity index (χ2n) is 4.88. The number of hydrogen-bond acceptors (Lipinski definition) is 5. The number of nitrogens with one attached hydrogen (secondary N) is 1. The van der Waals surface area contributed by atoms with Gasteiger partial charge in [0, 0.05) is 30.1 Å². The Kier molecular flexibility index (Phi) is 4.92. The summed E-state index contributed by atoms with van der Waals surface area (Å²) in [5.41, 5.74) is 3.13. The average molecular weight is 314 g/mol. The third kappa shape index (κ3) is 3.78. The second kappa shape index (κ2) is 7.29. The smallest absolute Gasteiger partial charge is 0.137 e. The van der Waals surface area contributed by atoms with Crippen LogP contribution in [0.1, 0.15) is 11.3 Å². The Morgan fingerprint density at radius 3 is 3.09 bits per heavy atom. The molecule has 3 rings (SSSR count). The number of hydrogen-bond donors (Lipinski definition) is 2. The van der Waals surface area contributed by atoms with E-state index in [1.54, 1.807) is 18.0 Å². The number of imidazole rings is 1. The van der Waals surface area contributed by atoms with Crippen LogP contribution in [0.25, 0.3) is 5.65 Å². The van der Waals surface area contributed by atoms with E-state index in [1.165, 1.54) is 5.56 Å². The molecule has 0 aliphatic heterocycles. The van der Waals surface area contributed by atoms with Crippen LogP contribution in [0.3, 0.4) is 0 Å². The van der Waals surface area contributed by atoms with Crippen molar-refractivity contribution >= 4 is 23.2 Å². The van der Waals surface area contributed by atoms with Crippen LogP contribution in [0.15, 0.2) is 48.9 Å². The van der Waals surface area contributed by atoms with E-state index in [1.807, 2.05) is 47.1 Å². The number of aliphatic hydroxyl groups excluding tert-OH is 1. The van der Waals surface area contributed by atoms with Crippen molar-refractivity contribution in [3.05, 3.63) is 60.2 Å². The summed E-state index contributed by atoms with van der Waals surface area (Å²) in [4.78, 5) is 8.88. The van der Waals surface area contributed by atoms with E-state index in [-0.39, 0.29) is 6.61 Å². The van der Waals surface area contributed by atoms with Crippen molar-refractivity contribution in [1.29, 1.82) is 0 Å². The number of thioether (sulfide) groups is 1. The fraction of sp³-hybridized carbons (Fsp3) is 0.250. The zero-order chi connectivity index (χ0) is 15.2. The summed E-state index contributed by atoms with van der Waals surface area (Å²) in [7, 11) is 0. The lowest BCUT2D eigenvalue weighted by molar-refractivity contribution is 0.322. The Morgan fingerprint density at radius 2 is 2.23 bits per heavy atom. The number of anilines is 1. The fourth-order valence-corrected chi connectivity index (χ4v) is 2.86. The number of nitrogens with zero attached hydrogens (tertiary/aromatic N) is 3. The van der Waals surface area contributed by atoms with Gasteiger partial charge in [0.05, 0.1) is 18.8 Å². The van der Waals surface area contributed by atoms with E-state index in [0.717, 1.165) is 28.7 Å². The molecule has 0 atom stereocenters. The molecule has 0 aromatic carbocycles. The molecule has 6 heteroatoms. The molecule has 22 heavy (non-hydrogen) atoms. The van der Waals surface area contributed by atoms with Crippen molar-refractivity contribution in [2.45, 2.75) is 12.3 Å². The first-order chi connectivity index (χ1) is 10.8. The molecule has 0 amide bonds. The van der Waals surface area contributed by atoms with Crippen LogP contribution in [0.2, 0.25) is 0 Å². The normalized spacial score (nSPS) is 11.0. The molecule has 3 heterocycles. The van der Waals surface area contributed by atoms with E-state index < -0.39 is 0 Å². The highest BCUT2D eigenvalue weighted by atomic mass is 32.2. The Labute approximate surface area is 133 Å². The predicted molar refractivity (Wildman–Crippen MR) is 90.0 cm³/mol. The van der Waals surface area contributed by atoms with E-state index in [4.69, 9.17) is 5.11 Å². The van der Waals surface area contributed by atoms with Crippen molar-refractivity contribution < 1.29 is 5.11 Å². The van der Waals surface area contributed by atoms with Gasteiger partial charge in [0.15, 0.2) is 0 Å². The van der Waals surface area contributed by atoms with Crippen LogP contribution in [0.4, 0.5) is 5.82 Å². The van der Waals surface area contributed by atoms with Gasteiger partial charge in [-0.1, -0.05) is 6.07 Å². The van der Waals surface area contributed by atoms with Crippen molar-refractivity contribution in [2.75, 3.05) is 17.7 Å². The SMILES string of the molecule is OCCSCc1ccnc(NCc2cn3ccccc3n2)c1. The molecule has 0 unspecified atom stereocenters. The first-order valence-corrected chi connectivity index (χ1v) is 8.30. The van der Waals surface area contributed by atoms with Gasteiger partial charge in [-0.05, 0) is 29.8 Å². The molecule has 0 spiro atoms. The van der Waals surface area contributed by atoms with Gasteiger partial charge in [-0.25, -0.2) is 9.97 Å². The third-order valence-electron chi connectivity index (χ3n) is 3.19. The van der Waals surface area contributed by atoms with Crippen molar-refractivity contribution in [3.63, 3.8) is 0 Å². The summed E-state index contributed by atoms with van der Waals surface area (Å²) >= 11 is 1.71. The molecule has 3 aromatic rings. The number of aliphatic hydroxyl groups is 1. The van der Waals surface area contributed by atoms with Gasteiger partial charge in [-0.15, -0.1) is 0 Å². The first kappa shape index (κ1) is 14.9. The standard InChI is InChI=1S/C16H18N4OS/c21-7-8-22-12-13-4-5-17-15(9-13)18-10-14-11-20-6-2-1-3-16(20)19-14/h1-6,9,11,21H,7-8,10,12H2,(H,17,18). The average Bonchev–Trinajstić information content (AvgIpc) is 2.97. The lowest BCUT2D eigenvalue weighted by atomic mass is 10.3. The maximum atomic E-state index is 8.81. The summed E-state index contributed by atoms with van der Waals surface area (Å²) in [5, 5.41) is 12.1. The van der Waals surface area contributed by atoms with Gasteiger partial charge in [0.1, 0.15) is 11.5 Å². The van der Waals surface area contributed by atoms with Crippen molar-refractivity contribution in [2.24, 2.45) is 0 Å². The molecular formula is C16H18N4OS. The Balaban J connectivity index is 1.62. The van der Waals surface area contributed by atoms with Gasteiger partial charge in [-0.3, -0.25) is 0 Å². The molecular weight excluding hydrogens is 296 g/mol. The Bertz CT molecular complexity index is 711. The Morgan fingerprint density at radius 1 is 1.27 bits per heavy atom. The third-order valence-corrected chi connectivity index (χ3v) is 4.20. The summed E-state index contributed by atoms with van der Waals surface area (Å²) < 4.78 is 2.01. The first-order valence-electron chi connectivity index (χ1n) is 7.15. The highest BCUT2D eigenvalue weighted by molar-refractivity contribution is 7.98. The number of rotatable bonds is 7. The molecule has 5 nitrogen and oxygen atoms in total. The minimum absolute atomic E-state index is 0.217. The highest BCUT2D eigenvalue weighted by Crippen LogP contribution is 2.15. The maximum absolute atomic E-state index is 8.81. The fourth-order valence-electron chi connectivity index (χ4n) is 2.17. The molecule has 0 saturated heterocycles. The minimum atomic E-state index is 0.217. The molecule has 0 saturated carbocycles. The van der Waals surface area contributed by atoms with E-state index in [0.29, 0.717) is 6.54 Å². The second-order valence-corrected chi connectivity index (χ2v) is 5.98. The monoisotopic (exact) mass is 314 g/mol. The molecule has 114 valence electrons. The highest BCUT2D eigenvalue weighted by Gasteiger charge is 2.02. The predicted octanol–water partition coefficient (Wildman–Crippen LogP) is 2.57. The Hall–Kier alpha value is -2.05. The topological polar surface area (TPSA) is 62.5 Å². The van der Waals surface area contributed by atoms with Crippen LogP contribution < -0.4 is 5.32 Å². The largest absolute Gasteiger partial charge is 0.396 e. The summed E-state index contributed by atoms with van der Waals surface area (Å²) in [5.74, 6) is 2.48. The molecule has 0 aliphatic carbocycles. The number of aromatic nitrogens is 3. The lowest BCUT2D eigenvalue weighted by Crippen LogP contribution is -2.02. The number of pyridine rings is 2. The minimum Gasteiger partial charge on any atom is -0.396 e. The van der Waals surface area contributed by atoms with Crippen molar-refractivity contribution in [1.82, 2.24) is 14.4 Å². The van der Waals surface area contributed by atoms with Crippen LogP contribution >= 0.6 is 11.8 Å². The molecule has 0 aliphatic rings. The van der Waals surface area contributed by atoms with Crippen LogP contribution in [0.5, 0.6) is 0 Å². The summed E-state index contributed by atoms with van der Waals surface area (Å²) in [6.45, 7) is 0.858. The zero-order valence-corrected chi connectivity index (χ0v) is 13.0. The van der Waals surface area contributed by atoms with E-state index >= 15 is 0 Å². The molecule has 3 aromatic heterocycles. The molecule has 0 radical (unpaired) electrons. The van der Waals surface area contributed by atoms with E-state index in [9.17, 15) is 0 Å². The zero-order valence-electron chi connectivity index (χ0n) is 12.1. The van der Waals surface area contributed by atoms with Crippen LogP contribution in [-0.2, 0) is 12.3 Å². The summed E-state index contributed by atoms with van der Waals surface area (Å²) in [6.07, 6.45) is 5.81. The van der Waals surface area contributed by atoms with Gasteiger partial charge >= 0.3 is 0 Å².